The molecule has 0 aromatic carbocycles. The van der Waals surface area contributed by atoms with E-state index in [-0.39, 0.29) is 6.04 Å². The number of hydrogen-bond donors (Lipinski definition) is 1. The Morgan fingerprint density at radius 1 is 1.39 bits per heavy atom. The lowest BCUT2D eigenvalue weighted by Gasteiger charge is -2.25. The first-order valence-corrected chi connectivity index (χ1v) is 6.53. The zero-order valence-corrected chi connectivity index (χ0v) is 11.8. The molecular formula is C13H16BrN3O. The molecule has 1 unspecified atom stereocenters. The molecule has 0 amide bonds. The minimum Gasteiger partial charge on any atom is -0.466 e. The van der Waals surface area contributed by atoms with Gasteiger partial charge in [0.15, 0.2) is 0 Å². The second kappa shape index (κ2) is 6.13. The van der Waals surface area contributed by atoms with Gasteiger partial charge < -0.3 is 10.2 Å². The maximum absolute atomic E-state index is 5.85. The molecule has 2 rings (SSSR count). The normalized spacial score (nSPS) is 12.9. The number of nitrogens with zero attached hydrogens (tertiary/aromatic N) is 2. The summed E-state index contributed by atoms with van der Waals surface area (Å²) in [5.74, 6) is 0.869. The predicted octanol–water partition coefficient (Wildman–Crippen LogP) is 2.57. The van der Waals surface area contributed by atoms with Gasteiger partial charge in [-0.25, -0.2) is 0 Å². The van der Waals surface area contributed by atoms with E-state index in [0.29, 0.717) is 6.54 Å². The van der Waals surface area contributed by atoms with E-state index in [0.717, 1.165) is 16.8 Å². The number of halogens is 1. The van der Waals surface area contributed by atoms with Crippen molar-refractivity contribution in [3.05, 3.63) is 52.7 Å². The summed E-state index contributed by atoms with van der Waals surface area (Å²) in [6.45, 7) is 1.31. The van der Waals surface area contributed by atoms with Crippen molar-refractivity contribution < 1.29 is 4.42 Å². The molecule has 0 saturated heterocycles. The molecule has 18 heavy (non-hydrogen) atoms. The fourth-order valence-electron chi connectivity index (χ4n) is 1.92. The Labute approximate surface area is 115 Å². The van der Waals surface area contributed by atoms with E-state index < -0.39 is 0 Å². The molecule has 0 aliphatic rings. The Morgan fingerprint density at radius 2 is 2.11 bits per heavy atom. The highest BCUT2D eigenvalue weighted by Gasteiger charge is 2.21. The lowest BCUT2D eigenvalue weighted by Crippen LogP contribution is -2.30. The third-order valence-electron chi connectivity index (χ3n) is 2.88. The summed E-state index contributed by atoms with van der Waals surface area (Å²) in [5, 5.41) is 0. The molecule has 4 nitrogen and oxygen atoms in total. The highest BCUT2D eigenvalue weighted by molar-refractivity contribution is 9.10. The molecule has 2 heterocycles. The van der Waals surface area contributed by atoms with E-state index in [9.17, 15) is 0 Å². The summed E-state index contributed by atoms with van der Waals surface area (Å²) in [6, 6.07) is 5.95. The number of likely N-dealkylation sites (N-methyl/N-ethyl adjacent to an activating group) is 1. The van der Waals surface area contributed by atoms with Gasteiger partial charge in [-0.3, -0.25) is 9.88 Å². The number of hydrogen-bond acceptors (Lipinski definition) is 4. The van der Waals surface area contributed by atoms with Crippen molar-refractivity contribution in [3.8, 4) is 0 Å². The van der Waals surface area contributed by atoms with E-state index in [2.05, 4.69) is 25.8 Å². The Morgan fingerprint density at radius 3 is 2.67 bits per heavy atom. The van der Waals surface area contributed by atoms with Crippen LogP contribution < -0.4 is 5.73 Å². The van der Waals surface area contributed by atoms with Crippen molar-refractivity contribution in [1.29, 1.82) is 0 Å². The van der Waals surface area contributed by atoms with Crippen molar-refractivity contribution in [2.24, 2.45) is 5.73 Å². The molecule has 0 aliphatic carbocycles. The van der Waals surface area contributed by atoms with Crippen molar-refractivity contribution in [2.45, 2.75) is 12.6 Å². The number of furan rings is 1. The fourth-order valence-corrected chi connectivity index (χ4v) is 2.38. The van der Waals surface area contributed by atoms with Gasteiger partial charge in [-0.2, -0.15) is 0 Å². The van der Waals surface area contributed by atoms with Gasteiger partial charge in [0.05, 0.1) is 16.8 Å². The van der Waals surface area contributed by atoms with Gasteiger partial charge in [0.2, 0.25) is 0 Å². The maximum atomic E-state index is 5.85. The average Bonchev–Trinajstić information content (AvgIpc) is 2.78. The monoisotopic (exact) mass is 309 g/mol. The first-order valence-electron chi connectivity index (χ1n) is 5.74. The van der Waals surface area contributed by atoms with E-state index in [1.165, 1.54) is 5.56 Å². The predicted molar refractivity (Wildman–Crippen MR) is 73.9 cm³/mol. The highest BCUT2D eigenvalue weighted by atomic mass is 79.9. The molecule has 96 valence electrons. The number of nitrogens with two attached hydrogens (primary N) is 1. The second-order valence-corrected chi connectivity index (χ2v) is 5.01. The zero-order valence-electron chi connectivity index (χ0n) is 10.2. The van der Waals surface area contributed by atoms with Crippen LogP contribution in [0.4, 0.5) is 0 Å². The summed E-state index contributed by atoms with van der Waals surface area (Å²) in [5.41, 5.74) is 7.06. The van der Waals surface area contributed by atoms with Crippen LogP contribution in [-0.2, 0) is 6.54 Å². The van der Waals surface area contributed by atoms with Gasteiger partial charge in [0.25, 0.3) is 0 Å². The maximum Gasteiger partial charge on any atom is 0.136 e. The SMILES string of the molecule is CN(Cc1ccncc1)C(CN)c1occc1Br. The topological polar surface area (TPSA) is 55.3 Å². The van der Waals surface area contributed by atoms with Gasteiger partial charge in [0.1, 0.15) is 5.76 Å². The number of rotatable bonds is 5. The molecule has 2 N–H and O–H groups in total. The van der Waals surface area contributed by atoms with Crippen molar-refractivity contribution in [2.75, 3.05) is 13.6 Å². The second-order valence-electron chi connectivity index (χ2n) is 4.15. The number of pyridine rings is 1. The standard InChI is InChI=1S/C13H16BrN3O/c1-17(9-10-2-5-16-6-3-10)12(8-15)13-11(14)4-7-18-13/h2-7,12H,8-9,15H2,1H3. The molecular weight excluding hydrogens is 294 g/mol. The molecule has 0 fully saturated rings. The Kier molecular flexibility index (Phi) is 4.52. The highest BCUT2D eigenvalue weighted by Crippen LogP contribution is 2.28. The molecule has 1 atom stereocenters. The van der Waals surface area contributed by atoms with Crippen LogP contribution in [0.25, 0.3) is 0 Å². The summed E-state index contributed by atoms with van der Waals surface area (Å²) >= 11 is 3.48. The first-order chi connectivity index (χ1) is 8.72. The summed E-state index contributed by atoms with van der Waals surface area (Å²) < 4.78 is 6.45. The van der Waals surface area contributed by atoms with Gasteiger partial charge in [0, 0.05) is 25.5 Å². The third-order valence-corrected chi connectivity index (χ3v) is 3.54. The van der Waals surface area contributed by atoms with Crippen molar-refractivity contribution >= 4 is 15.9 Å². The summed E-state index contributed by atoms with van der Waals surface area (Å²) in [6.07, 6.45) is 5.26. The van der Waals surface area contributed by atoms with Gasteiger partial charge in [-0.15, -0.1) is 0 Å². The molecule has 2 aromatic heterocycles. The smallest absolute Gasteiger partial charge is 0.136 e. The van der Waals surface area contributed by atoms with Crippen LogP contribution in [0.3, 0.4) is 0 Å². The van der Waals surface area contributed by atoms with Crippen LogP contribution in [0.5, 0.6) is 0 Å². The van der Waals surface area contributed by atoms with Crippen LogP contribution in [0.1, 0.15) is 17.4 Å². The Hall–Kier alpha value is -1.17. The third kappa shape index (κ3) is 2.98. The minimum atomic E-state index is 0.0579. The average molecular weight is 310 g/mol. The molecule has 0 saturated carbocycles. The van der Waals surface area contributed by atoms with Crippen molar-refractivity contribution in [1.82, 2.24) is 9.88 Å². The minimum absolute atomic E-state index is 0.0579. The Balaban J connectivity index is 2.11. The quantitative estimate of drug-likeness (QED) is 0.922. The molecule has 2 aromatic rings. The Bertz CT molecular complexity index is 486. The van der Waals surface area contributed by atoms with Crippen molar-refractivity contribution in [3.63, 3.8) is 0 Å². The van der Waals surface area contributed by atoms with Crippen LogP contribution in [0.15, 0.2) is 45.7 Å². The molecule has 0 aliphatic heterocycles. The van der Waals surface area contributed by atoms with Gasteiger partial charge in [-0.05, 0) is 46.7 Å². The van der Waals surface area contributed by atoms with E-state index in [1.54, 1.807) is 18.7 Å². The molecule has 0 spiro atoms. The van der Waals surface area contributed by atoms with E-state index in [4.69, 9.17) is 10.2 Å². The zero-order chi connectivity index (χ0) is 13.0. The molecule has 5 heteroatoms. The number of aromatic nitrogens is 1. The van der Waals surface area contributed by atoms with Gasteiger partial charge >= 0.3 is 0 Å². The summed E-state index contributed by atoms with van der Waals surface area (Å²) in [7, 11) is 2.03. The molecule has 0 bridgehead atoms. The van der Waals surface area contributed by atoms with Gasteiger partial charge in [-0.1, -0.05) is 0 Å². The van der Waals surface area contributed by atoms with Crippen LogP contribution >= 0.6 is 15.9 Å². The lowest BCUT2D eigenvalue weighted by molar-refractivity contribution is 0.212. The lowest BCUT2D eigenvalue weighted by atomic mass is 10.1. The fraction of sp³-hybridized carbons (Fsp3) is 0.308. The van der Waals surface area contributed by atoms with E-state index in [1.807, 2.05) is 25.2 Å². The first kappa shape index (κ1) is 13.3. The van der Waals surface area contributed by atoms with E-state index >= 15 is 0 Å². The molecule has 0 radical (unpaired) electrons. The summed E-state index contributed by atoms with van der Waals surface area (Å²) in [4.78, 5) is 6.18. The van der Waals surface area contributed by atoms with Crippen LogP contribution in [0.2, 0.25) is 0 Å². The largest absolute Gasteiger partial charge is 0.466 e. The van der Waals surface area contributed by atoms with Crippen LogP contribution in [0, 0.1) is 0 Å². The van der Waals surface area contributed by atoms with Crippen LogP contribution in [-0.4, -0.2) is 23.5 Å².